The third kappa shape index (κ3) is 3.72. The van der Waals surface area contributed by atoms with Crippen LogP contribution in [0.3, 0.4) is 0 Å². The number of ether oxygens (including phenoxy) is 1. The molecule has 3 heteroatoms. The zero-order chi connectivity index (χ0) is 11.3. The van der Waals surface area contributed by atoms with E-state index in [1.807, 2.05) is 0 Å². The van der Waals surface area contributed by atoms with Gasteiger partial charge in [-0.25, -0.2) is 0 Å². The maximum Gasteiger partial charge on any atom is 0.0620 e. The van der Waals surface area contributed by atoms with Gasteiger partial charge in [-0.05, 0) is 31.2 Å². The maximum atomic E-state index is 5.44. The average Bonchev–Trinajstić information content (AvgIpc) is 2.74. The highest BCUT2D eigenvalue weighted by atomic mass is 16.5. The standard InChI is InChI=1S/C13H26N2O/c1-13(5-2-3-6-13)11-14-7-4-12-10-16-9-8-15-12/h12,14-15H,2-11H2,1H3. The zero-order valence-corrected chi connectivity index (χ0v) is 10.6. The SMILES string of the molecule is CC1(CNCCC2COCCN2)CCCC1. The lowest BCUT2D eigenvalue weighted by molar-refractivity contribution is 0.0740. The van der Waals surface area contributed by atoms with Crippen LogP contribution in [0.25, 0.3) is 0 Å². The molecule has 2 fully saturated rings. The van der Waals surface area contributed by atoms with Crippen molar-refractivity contribution in [2.75, 3.05) is 32.8 Å². The van der Waals surface area contributed by atoms with Gasteiger partial charge in [0.2, 0.25) is 0 Å². The smallest absolute Gasteiger partial charge is 0.0620 e. The molecule has 0 bridgehead atoms. The van der Waals surface area contributed by atoms with Gasteiger partial charge in [-0.15, -0.1) is 0 Å². The Bertz CT molecular complexity index is 196. The number of hydrogen-bond donors (Lipinski definition) is 2. The molecule has 0 radical (unpaired) electrons. The number of rotatable bonds is 5. The summed E-state index contributed by atoms with van der Waals surface area (Å²) in [7, 11) is 0. The normalized spacial score (nSPS) is 29.4. The summed E-state index contributed by atoms with van der Waals surface area (Å²) in [4.78, 5) is 0. The fraction of sp³-hybridized carbons (Fsp3) is 1.00. The highest BCUT2D eigenvalue weighted by molar-refractivity contribution is 4.82. The molecule has 94 valence electrons. The quantitative estimate of drug-likeness (QED) is 0.698. The van der Waals surface area contributed by atoms with E-state index in [0.717, 1.165) is 26.3 Å². The van der Waals surface area contributed by atoms with Crippen molar-refractivity contribution in [2.45, 2.75) is 45.1 Å². The Morgan fingerprint density at radius 2 is 2.19 bits per heavy atom. The number of nitrogens with one attached hydrogen (secondary N) is 2. The Morgan fingerprint density at radius 3 is 2.88 bits per heavy atom. The van der Waals surface area contributed by atoms with Crippen molar-refractivity contribution >= 4 is 0 Å². The molecule has 1 aliphatic heterocycles. The second kappa shape index (κ2) is 5.99. The van der Waals surface area contributed by atoms with Gasteiger partial charge in [0.25, 0.3) is 0 Å². The van der Waals surface area contributed by atoms with Crippen LogP contribution in [0.2, 0.25) is 0 Å². The van der Waals surface area contributed by atoms with Crippen LogP contribution in [-0.2, 0) is 4.74 Å². The summed E-state index contributed by atoms with van der Waals surface area (Å²) in [5.41, 5.74) is 0.580. The first-order valence-corrected chi connectivity index (χ1v) is 6.80. The molecule has 3 nitrogen and oxygen atoms in total. The largest absolute Gasteiger partial charge is 0.379 e. The lowest BCUT2D eigenvalue weighted by Gasteiger charge is -2.26. The van der Waals surface area contributed by atoms with Crippen molar-refractivity contribution in [3.05, 3.63) is 0 Å². The van der Waals surface area contributed by atoms with Gasteiger partial charge in [-0.1, -0.05) is 19.8 Å². The lowest BCUT2D eigenvalue weighted by atomic mass is 9.89. The Labute approximate surface area is 99.3 Å². The molecular weight excluding hydrogens is 200 g/mol. The fourth-order valence-corrected chi connectivity index (χ4v) is 2.88. The van der Waals surface area contributed by atoms with Crippen LogP contribution in [-0.4, -0.2) is 38.9 Å². The molecule has 0 aromatic rings. The van der Waals surface area contributed by atoms with Crippen molar-refractivity contribution in [2.24, 2.45) is 5.41 Å². The minimum absolute atomic E-state index is 0.567. The first-order chi connectivity index (χ1) is 7.79. The zero-order valence-electron chi connectivity index (χ0n) is 10.6. The van der Waals surface area contributed by atoms with Crippen molar-refractivity contribution in [1.29, 1.82) is 0 Å². The highest BCUT2D eigenvalue weighted by Crippen LogP contribution is 2.36. The summed E-state index contributed by atoms with van der Waals surface area (Å²) >= 11 is 0. The van der Waals surface area contributed by atoms with Gasteiger partial charge in [0.1, 0.15) is 0 Å². The van der Waals surface area contributed by atoms with E-state index in [1.54, 1.807) is 0 Å². The molecule has 1 unspecified atom stereocenters. The molecule has 2 aliphatic rings. The molecule has 1 saturated carbocycles. The third-order valence-electron chi connectivity index (χ3n) is 4.03. The molecule has 1 atom stereocenters. The molecular formula is C13H26N2O. The maximum absolute atomic E-state index is 5.44. The van der Waals surface area contributed by atoms with E-state index < -0.39 is 0 Å². The summed E-state index contributed by atoms with van der Waals surface area (Å²) < 4.78 is 5.44. The van der Waals surface area contributed by atoms with Gasteiger partial charge in [0.15, 0.2) is 0 Å². The molecule has 16 heavy (non-hydrogen) atoms. The van der Waals surface area contributed by atoms with Gasteiger partial charge in [0.05, 0.1) is 13.2 Å². The first-order valence-electron chi connectivity index (χ1n) is 6.80. The van der Waals surface area contributed by atoms with E-state index in [4.69, 9.17) is 4.74 Å². The van der Waals surface area contributed by atoms with Crippen molar-refractivity contribution < 1.29 is 4.74 Å². The Morgan fingerprint density at radius 1 is 1.38 bits per heavy atom. The topological polar surface area (TPSA) is 33.3 Å². The van der Waals surface area contributed by atoms with Gasteiger partial charge < -0.3 is 15.4 Å². The Hall–Kier alpha value is -0.120. The van der Waals surface area contributed by atoms with Gasteiger partial charge in [-0.3, -0.25) is 0 Å². The van der Waals surface area contributed by atoms with Crippen molar-refractivity contribution in [3.8, 4) is 0 Å². The van der Waals surface area contributed by atoms with E-state index >= 15 is 0 Å². The molecule has 0 aromatic carbocycles. The number of hydrogen-bond acceptors (Lipinski definition) is 3. The predicted molar refractivity (Wildman–Crippen MR) is 66.7 cm³/mol. The average molecular weight is 226 g/mol. The molecule has 2 N–H and O–H groups in total. The van der Waals surface area contributed by atoms with Crippen LogP contribution in [0.4, 0.5) is 0 Å². The van der Waals surface area contributed by atoms with Crippen molar-refractivity contribution in [3.63, 3.8) is 0 Å². The minimum Gasteiger partial charge on any atom is -0.379 e. The van der Waals surface area contributed by atoms with Gasteiger partial charge >= 0.3 is 0 Å². The minimum atomic E-state index is 0.567. The summed E-state index contributed by atoms with van der Waals surface area (Å²) in [6, 6.07) is 0.567. The summed E-state index contributed by atoms with van der Waals surface area (Å²) in [6.45, 7) is 7.52. The molecule has 1 aliphatic carbocycles. The van der Waals surface area contributed by atoms with E-state index in [-0.39, 0.29) is 0 Å². The summed E-state index contributed by atoms with van der Waals surface area (Å²) in [6.07, 6.45) is 6.86. The molecule has 2 rings (SSSR count). The first kappa shape index (κ1) is 12.3. The summed E-state index contributed by atoms with van der Waals surface area (Å²) in [5.74, 6) is 0. The van der Waals surface area contributed by atoms with E-state index in [2.05, 4.69) is 17.6 Å². The molecule has 1 heterocycles. The van der Waals surface area contributed by atoms with E-state index in [9.17, 15) is 0 Å². The second-order valence-electron chi connectivity index (χ2n) is 5.71. The second-order valence-corrected chi connectivity index (χ2v) is 5.71. The summed E-state index contributed by atoms with van der Waals surface area (Å²) in [5, 5.41) is 7.11. The van der Waals surface area contributed by atoms with E-state index in [0.29, 0.717) is 11.5 Å². The Balaban J connectivity index is 1.54. The molecule has 0 amide bonds. The molecule has 1 saturated heterocycles. The fourth-order valence-electron chi connectivity index (χ4n) is 2.88. The predicted octanol–water partition coefficient (Wildman–Crippen LogP) is 1.53. The third-order valence-corrected chi connectivity index (χ3v) is 4.03. The Kier molecular flexibility index (Phi) is 4.62. The van der Waals surface area contributed by atoms with Crippen LogP contribution in [0, 0.1) is 5.41 Å². The van der Waals surface area contributed by atoms with E-state index in [1.165, 1.54) is 38.6 Å². The van der Waals surface area contributed by atoms with Gasteiger partial charge in [-0.2, -0.15) is 0 Å². The monoisotopic (exact) mass is 226 g/mol. The van der Waals surface area contributed by atoms with Crippen LogP contribution in [0.5, 0.6) is 0 Å². The van der Waals surface area contributed by atoms with Crippen LogP contribution in [0.15, 0.2) is 0 Å². The molecule has 0 spiro atoms. The van der Waals surface area contributed by atoms with Crippen molar-refractivity contribution in [1.82, 2.24) is 10.6 Å². The highest BCUT2D eigenvalue weighted by Gasteiger charge is 2.27. The van der Waals surface area contributed by atoms with Crippen LogP contribution >= 0.6 is 0 Å². The number of morpholine rings is 1. The molecule has 0 aromatic heterocycles. The van der Waals surface area contributed by atoms with Gasteiger partial charge in [0, 0.05) is 19.1 Å². The van der Waals surface area contributed by atoms with Crippen LogP contribution in [0.1, 0.15) is 39.0 Å². The lowest BCUT2D eigenvalue weighted by Crippen LogP contribution is -2.43. The van der Waals surface area contributed by atoms with Crippen LogP contribution < -0.4 is 10.6 Å².